The Morgan fingerprint density at radius 1 is 1.44 bits per heavy atom. The highest BCUT2D eigenvalue weighted by Crippen LogP contribution is 2.36. The maximum atomic E-state index is 11.5. The summed E-state index contributed by atoms with van der Waals surface area (Å²) in [6.45, 7) is 12.1. The molecule has 1 rings (SSSR count). The summed E-state index contributed by atoms with van der Waals surface area (Å²) >= 11 is 3.31. The van der Waals surface area contributed by atoms with Gasteiger partial charge in [-0.2, -0.15) is 0 Å². The van der Waals surface area contributed by atoms with Gasteiger partial charge < -0.3 is 4.43 Å². The number of hydrogen-bond donors (Lipinski definition) is 0. The second-order valence-corrected chi connectivity index (χ2v) is 11.6. The Bertz CT molecular complexity index is 466. The second kappa shape index (κ2) is 5.67. The van der Waals surface area contributed by atoms with E-state index in [0.29, 0.717) is 13.2 Å². The molecule has 1 aromatic rings. The molecule has 0 radical (unpaired) electrons. The summed E-state index contributed by atoms with van der Waals surface area (Å²) in [5.74, 6) is 0. The molecule has 4 nitrogen and oxygen atoms in total. The highest BCUT2D eigenvalue weighted by atomic mass is 79.9. The number of nitrogens with zero attached hydrogens (tertiary/aromatic N) is 2. The summed E-state index contributed by atoms with van der Waals surface area (Å²) in [5.41, 5.74) is -0.239. The van der Waals surface area contributed by atoms with Gasteiger partial charge in [0.2, 0.25) is 0 Å². The lowest BCUT2D eigenvalue weighted by molar-refractivity contribution is 0.269. The van der Waals surface area contributed by atoms with Crippen LogP contribution in [-0.2, 0) is 11.0 Å². The Kier molecular flexibility index (Phi) is 4.91. The van der Waals surface area contributed by atoms with Crippen LogP contribution in [0, 0.1) is 0 Å². The van der Waals surface area contributed by atoms with Crippen molar-refractivity contribution >= 4 is 24.2 Å². The van der Waals surface area contributed by atoms with Crippen molar-refractivity contribution < 1.29 is 4.43 Å². The molecule has 0 bridgehead atoms. The van der Waals surface area contributed by atoms with Crippen LogP contribution in [0.2, 0.25) is 18.1 Å². The smallest absolute Gasteiger partial charge is 0.347 e. The molecule has 0 atom stereocenters. The second-order valence-electron chi connectivity index (χ2n) is 5.86. The Morgan fingerprint density at radius 2 is 2.06 bits per heavy atom. The molecule has 0 amide bonds. The molecular weight excluding hydrogens is 312 g/mol. The first-order valence-corrected chi connectivity index (χ1v) is 9.69. The van der Waals surface area contributed by atoms with Crippen LogP contribution in [-0.4, -0.2) is 24.5 Å². The summed E-state index contributed by atoms with van der Waals surface area (Å²) < 4.78 is 8.40. The van der Waals surface area contributed by atoms with Gasteiger partial charge in [-0.3, -0.25) is 4.57 Å². The molecule has 1 aromatic heterocycles. The van der Waals surface area contributed by atoms with Gasteiger partial charge in [-0.25, -0.2) is 9.78 Å². The van der Waals surface area contributed by atoms with Crippen molar-refractivity contribution in [2.45, 2.75) is 45.4 Å². The topological polar surface area (TPSA) is 44.1 Å². The van der Waals surface area contributed by atoms with E-state index in [4.69, 9.17) is 4.43 Å². The average Bonchev–Trinajstić information content (AvgIpc) is 2.21. The van der Waals surface area contributed by atoms with Crippen LogP contribution in [0.3, 0.4) is 0 Å². The Hall–Kier alpha value is -0.463. The first-order chi connectivity index (χ1) is 8.13. The van der Waals surface area contributed by atoms with Crippen molar-refractivity contribution in [3.8, 4) is 0 Å². The molecule has 102 valence electrons. The van der Waals surface area contributed by atoms with E-state index in [1.165, 1.54) is 6.20 Å². The number of hydrogen-bond acceptors (Lipinski definition) is 3. The highest BCUT2D eigenvalue weighted by Gasteiger charge is 2.36. The number of halogens is 1. The van der Waals surface area contributed by atoms with Gasteiger partial charge in [0.15, 0.2) is 8.32 Å². The normalized spacial score (nSPS) is 12.8. The maximum Gasteiger partial charge on any atom is 0.347 e. The summed E-state index contributed by atoms with van der Waals surface area (Å²) in [5, 5.41) is 0.188. The minimum Gasteiger partial charge on any atom is -0.415 e. The summed E-state index contributed by atoms with van der Waals surface area (Å²) in [6, 6.07) is 0. The highest BCUT2D eigenvalue weighted by molar-refractivity contribution is 9.10. The van der Waals surface area contributed by atoms with Gasteiger partial charge in [-0.1, -0.05) is 20.8 Å². The Balaban J connectivity index is 2.62. The average molecular weight is 333 g/mol. The standard InChI is InChI=1S/C12H21BrN2O2Si/c1-12(2,3)18(4,5)17-7-6-15-9-10(13)8-14-11(15)16/h8-9H,6-7H2,1-5H3. The van der Waals surface area contributed by atoms with Crippen molar-refractivity contribution in [1.82, 2.24) is 9.55 Å². The Morgan fingerprint density at radius 3 is 2.61 bits per heavy atom. The van der Waals surface area contributed by atoms with Crippen molar-refractivity contribution in [2.24, 2.45) is 0 Å². The van der Waals surface area contributed by atoms with Crippen LogP contribution >= 0.6 is 15.9 Å². The number of aromatic nitrogens is 2. The van der Waals surface area contributed by atoms with E-state index in [-0.39, 0.29) is 10.7 Å². The predicted octanol–water partition coefficient (Wildman–Crippen LogP) is 3.03. The van der Waals surface area contributed by atoms with E-state index in [0.717, 1.165) is 4.47 Å². The minimum absolute atomic E-state index is 0.188. The summed E-state index contributed by atoms with van der Waals surface area (Å²) in [4.78, 5) is 15.3. The zero-order valence-electron chi connectivity index (χ0n) is 11.7. The first kappa shape index (κ1) is 15.6. The molecule has 0 aliphatic rings. The van der Waals surface area contributed by atoms with E-state index in [9.17, 15) is 4.79 Å². The summed E-state index contributed by atoms with van der Waals surface area (Å²) in [6.07, 6.45) is 3.25. The van der Waals surface area contributed by atoms with Crippen LogP contribution in [0.1, 0.15) is 20.8 Å². The zero-order chi connectivity index (χ0) is 14.0. The van der Waals surface area contributed by atoms with Gasteiger partial charge >= 0.3 is 5.69 Å². The molecule has 0 aliphatic heterocycles. The third kappa shape index (κ3) is 4.03. The molecule has 0 saturated heterocycles. The predicted molar refractivity (Wildman–Crippen MR) is 79.3 cm³/mol. The van der Waals surface area contributed by atoms with Gasteiger partial charge in [0.1, 0.15) is 0 Å². The fourth-order valence-electron chi connectivity index (χ4n) is 1.20. The van der Waals surface area contributed by atoms with Crippen LogP contribution < -0.4 is 5.69 Å². The van der Waals surface area contributed by atoms with Crippen molar-refractivity contribution in [2.75, 3.05) is 6.61 Å². The number of rotatable bonds is 4. The van der Waals surface area contributed by atoms with Crippen molar-refractivity contribution in [3.05, 3.63) is 27.4 Å². The van der Waals surface area contributed by atoms with Crippen LogP contribution in [0.25, 0.3) is 0 Å². The molecule has 0 spiro atoms. The first-order valence-electron chi connectivity index (χ1n) is 5.99. The third-order valence-corrected chi connectivity index (χ3v) is 8.37. The molecule has 6 heteroatoms. The van der Waals surface area contributed by atoms with Gasteiger partial charge in [0.25, 0.3) is 0 Å². The van der Waals surface area contributed by atoms with Crippen molar-refractivity contribution in [3.63, 3.8) is 0 Å². The quantitative estimate of drug-likeness (QED) is 0.796. The van der Waals surface area contributed by atoms with Crippen LogP contribution in [0.15, 0.2) is 21.7 Å². The monoisotopic (exact) mass is 332 g/mol. The molecule has 0 fully saturated rings. The fourth-order valence-corrected chi connectivity index (χ4v) is 2.59. The van der Waals surface area contributed by atoms with E-state index < -0.39 is 8.32 Å². The SMILES string of the molecule is CC(C)(C)[Si](C)(C)OCCn1cc(Br)cnc1=O. The summed E-state index contributed by atoms with van der Waals surface area (Å²) in [7, 11) is -1.74. The molecule has 0 N–H and O–H groups in total. The van der Waals surface area contributed by atoms with E-state index in [2.05, 4.69) is 54.8 Å². The lowest BCUT2D eigenvalue weighted by Crippen LogP contribution is -2.41. The Labute approximate surface area is 118 Å². The van der Waals surface area contributed by atoms with E-state index in [1.807, 2.05) is 0 Å². The molecule has 0 saturated carbocycles. The van der Waals surface area contributed by atoms with E-state index in [1.54, 1.807) is 10.8 Å². The van der Waals surface area contributed by atoms with Gasteiger partial charge in [-0.05, 0) is 34.1 Å². The molecular formula is C12H21BrN2O2Si. The molecule has 0 aromatic carbocycles. The molecule has 1 heterocycles. The largest absolute Gasteiger partial charge is 0.415 e. The van der Waals surface area contributed by atoms with Gasteiger partial charge in [0, 0.05) is 18.9 Å². The van der Waals surface area contributed by atoms with Crippen molar-refractivity contribution in [1.29, 1.82) is 0 Å². The fraction of sp³-hybridized carbons (Fsp3) is 0.667. The lowest BCUT2D eigenvalue weighted by atomic mass is 10.2. The zero-order valence-corrected chi connectivity index (χ0v) is 14.2. The molecule has 0 aliphatic carbocycles. The van der Waals surface area contributed by atoms with E-state index >= 15 is 0 Å². The van der Waals surface area contributed by atoms with Gasteiger partial charge in [0.05, 0.1) is 11.1 Å². The third-order valence-electron chi connectivity index (χ3n) is 3.42. The molecule has 18 heavy (non-hydrogen) atoms. The minimum atomic E-state index is -1.74. The van der Waals surface area contributed by atoms with Crippen LogP contribution in [0.4, 0.5) is 0 Å². The van der Waals surface area contributed by atoms with Crippen LogP contribution in [0.5, 0.6) is 0 Å². The molecule has 0 unspecified atom stereocenters. The maximum absolute atomic E-state index is 11.5. The van der Waals surface area contributed by atoms with Gasteiger partial charge in [-0.15, -0.1) is 0 Å². The lowest BCUT2D eigenvalue weighted by Gasteiger charge is -2.36.